The molecule has 38 heavy (non-hydrogen) atoms. The van der Waals surface area contributed by atoms with Crippen LogP contribution in [0.5, 0.6) is 5.75 Å². The highest BCUT2D eigenvalue weighted by Gasteiger charge is 2.23. The molecule has 1 aliphatic rings. The molecule has 0 saturated carbocycles. The summed E-state index contributed by atoms with van der Waals surface area (Å²) in [6.07, 6.45) is 1.79. The first-order chi connectivity index (χ1) is 18.2. The van der Waals surface area contributed by atoms with Gasteiger partial charge in [-0.25, -0.2) is 13.4 Å². The highest BCUT2D eigenvalue weighted by atomic mass is 35.5. The van der Waals surface area contributed by atoms with E-state index >= 15 is 0 Å². The summed E-state index contributed by atoms with van der Waals surface area (Å²) in [6.45, 7) is 6.38. The van der Waals surface area contributed by atoms with Gasteiger partial charge in [0.1, 0.15) is 23.0 Å². The molecule has 0 aliphatic carbocycles. The van der Waals surface area contributed by atoms with Crippen molar-refractivity contribution in [3.05, 3.63) is 65.0 Å². The molecule has 1 saturated heterocycles. The topological polar surface area (TPSA) is 93.0 Å². The molecule has 0 atom stereocenters. The van der Waals surface area contributed by atoms with Crippen molar-refractivity contribution in [2.24, 2.45) is 0 Å². The number of methoxy groups -OCH3 is 1. The number of carbonyl (C=O) groups excluding carboxylic acids is 1. The van der Waals surface area contributed by atoms with Crippen LogP contribution in [0.3, 0.4) is 0 Å². The lowest BCUT2D eigenvalue weighted by Crippen LogP contribution is -2.46. The third-order valence-electron chi connectivity index (χ3n) is 6.72. The fourth-order valence-electron chi connectivity index (χ4n) is 4.57. The third-order valence-corrected chi connectivity index (χ3v) is 8.53. The van der Waals surface area contributed by atoms with Crippen molar-refractivity contribution in [3.63, 3.8) is 0 Å². The largest absolute Gasteiger partial charge is 0.497 e. The Balaban J connectivity index is 1.17. The number of aryl methyl sites for hydroxylation is 1. The van der Waals surface area contributed by atoms with Gasteiger partial charge in [0, 0.05) is 38.3 Å². The molecule has 1 fully saturated rings. The molecule has 1 aromatic heterocycles. The number of halogens is 1. The zero-order chi connectivity index (χ0) is 27.1. The molecule has 8 nitrogen and oxygen atoms in total. The molecule has 0 radical (unpaired) electrons. The summed E-state index contributed by atoms with van der Waals surface area (Å²) in [4.78, 5) is 21.5. The number of Topliss-reactive ketones (excluding diaryl/α,β-unsaturated/α-hetero) is 1. The van der Waals surface area contributed by atoms with Crippen molar-refractivity contribution in [1.29, 1.82) is 0 Å². The number of anilines is 1. The number of benzene rings is 2. The number of oxazole rings is 1. The number of ketones is 1. The van der Waals surface area contributed by atoms with Gasteiger partial charge in [-0.15, -0.1) is 0 Å². The predicted octanol–water partition coefficient (Wildman–Crippen LogP) is 4.79. The van der Waals surface area contributed by atoms with Crippen LogP contribution in [0.1, 0.15) is 30.7 Å². The van der Waals surface area contributed by atoms with Gasteiger partial charge >= 0.3 is 0 Å². The van der Waals surface area contributed by atoms with Crippen LogP contribution in [0.15, 0.2) is 52.9 Å². The van der Waals surface area contributed by atoms with E-state index in [-0.39, 0.29) is 23.8 Å². The summed E-state index contributed by atoms with van der Waals surface area (Å²) in [5.41, 5.74) is 2.10. The molecule has 2 aromatic carbocycles. The number of nitrogens with zero attached hydrogens (tertiary/aromatic N) is 3. The van der Waals surface area contributed by atoms with Crippen LogP contribution in [-0.2, 0) is 20.4 Å². The lowest BCUT2D eigenvalue weighted by molar-refractivity contribution is -0.116. The number of ether oxygens (including phenoxy) is 1. The van der Waals surface area contributed by atoms with Gasteiger partial charge in [-0.2, -0.15) is 0 Å². The van der Waals surface area contributed by atoms with Crippen LogP contribution in [0.2, 0.25) is 5.02 Å². The number of sulfone groups is 1. The Morgan fingerprint density at radius 3 is 2.45 bits per heavy atom. The third kappa shape index (κ3) is 7.58. The predicted molar refractivity (Wildman–Crippen MR) is 150 cm³/mol. The second-order valence-electron chi connectivity index (χ2n) is 9.56. The first-order valence-corrected chi connectivity index (χ1v) is 15.0. The second-order valence-corrected chi connectivity index (χ2v) is 12.0. The number of carbonyl (C=O) groups is 1. The van der Waals surface area contributed by atoms with Crippen LogP contribution < -0.4 is 9.64 Å². The van der Waals surface area contributed by atoms with E-state index in [1.807, 2.05) is 12.1 Å². The number of aromatic nitrogens is 1. The fourth-order valence-corrected chi connectivity index (χ4v) is 6.21. The molecule has 0 unspecified atom stereocenters. The summed E-state index contributed by atoms with van der Waals surface area (Å²) < 4.78 is 36.3. The Morgan fingerprint density at radius 1 is 1.05 bits per heavy atom. The molecule has 0 N–H and O–H groups in total. The summed E-state index contributed by atoms with van der Waals surface area (Å²) in [7, 11) is -1.99. The van der Waals surface area contributed by atoms with Crippen molar-refractivity contribution < 1.29 is 22.4 Å². The quantitative estimate of drug-likeness (QED) is 0.292. The maximum Gasteiger partial charge on any atom is 0.228 e. The zero-order valence-electron chi connectivity index (χ0n) is 21.9. The minimum atomic E-state index is -3.66. The van der Waals surface area contributed by atoms with Crippen LogP contribution >= 0.6 is 11.6 Å². The molecule has 2 heterocycles. The van der Waals surface area contributed by atoms with Crippen LogP contribution in [0.4, 0.5) is 5.69 Å². The first-order valence-electron chi connectivity index (χ1n) is 12.8. The van der Waals surface area contributed by atoms with Gasteiger partial charge in [0.2, 0.25) is 5.89 Å². The smallest absolute Gasteiger partial charge is 0.228 e. The van der Waals surface area contributed by atoms with E-state index in [0.29, 0.717) is 28.5 Å². The van der Waals surface area contributed by atoms with E-state index in [9.17, 15) is 13.2 Å². The average molecular weight is 560 g/mol. The number of hydrogen-bond donors (Lipinski definition) is 0. The molecule has 3 aromatic rings. The highest BCUT2D eigenvalue weighted by molar-refractivity contribution is 7.91. The van der Waals surface area contributed by atoms with Gasteiger partial charge < -0.3 is 14.1 Å². The number of hydrogen-bond acceptors (Lipinski definition) is 8. The van der Waals surface area contributed by atoms with E-state index in [1.54, 1.807) is 38.3 Å². The Kier molecular flexibility index (Phi) is 9.46. The van der Waals surface area contributed by atoms with E-state index in [2.05, 4.69) is 26.9 Å². The Labute approximate surface area is 229 Å². The summed E-state index contributed by atoms with van der Waals surface area (Å²) >= 11 is 6.20. The van der Waals surface area contributed by atoms with E-state index < -0.39 is 15.6 Å². The summed E-state index contributed by atoms with van der Waals surface area (Å²) in [5, 5.41) is 0.470. The Bertz CT molecular complexity index is 1330. The van der Waals surface area contributed by atoms with Gasteiger partial charge in [0.15, 0.2) is 9.84 Å². The molecular formula is C28H34ClN3O5S. The van der Waals surface area contributed by atoms with Crippen LogP contribution in [0.25, 0.3) is 11.5 Å². The molecular weight excluding hydrogens is 526 g/mol. The lowest BCUT2D eigenvalue weighted by Gasteiger charge is -2.36. The zero-order valence-corrected chi connectivity index (χ0v) is 23.4. The number of rotatable bonds is 12. The van der Waals surface area contributed by atoms with Gasteiger partial charge in [-0.3, -0.25) is 9.69 Å². The molecule has 4 rings (SSSR count). The normalized spacial score (nSPS) is 14.6. The summed E-state index contributed by atoms with van der Waals surface area (Å²) in [5.74, 6) is 0.447. The van der Waals surface area contributed by atoms with Crippen molar-refractivity contribution in [2.75, 3.05) is 50.5 Å². The molecule has 0 spiro atoms. The summed E-state index contributed by atoms with van der Waals surface area (Å²) in [6, 6.07) is 15.2. The Morgan fingerprint density at radius 2 is 1.76 bits per heavy atom. The number of piperazine rings is 1. The maximum absolute atomic E-state index is 12.7. The SMILES string of the molecule is COc1ccc(N2CCN(CCCCC(=O)CS(=O)(=O)Cc3nc(-c4ccccc4Cl)oc3C)CC2)cc1. The molecule has 10 heteroatoms. The van der Waals surface area contributed by atoms with E-state index in [0.717, 1.165) is 44.9 Å². The second kappa shape index (κ2) is 12.8. The van der Waals surface area contributed by atoms with E-state index in [4.69, 9.17) is 20.8 Å². The number of unbranched alkanes of at least 4 members (excludes halogenated alkanes) is 1. The molecule has 0 bridgehead atoms. The van der Waals surface area contributed by atoms with Gasteiger partial charge in [0.05, 0.1) is 29.1 Å². The highest BCUT2D eigenvalue weighted by Crippen LogP contribution is 2.29. The molecule has 1 aliphatic heterocycles. The van der Waals surface area contributed by atoms with Gasteiger partial charge in [-0.05, 0) is 62.7 Å². The van der Waals surface area contributed by atoms with E-state index in [1.165, 1.54) is 5.69 Å². The van der Waals surface area contributed by atoms with Crippen molar-refractivity contribution in [1.82, 2.24) is 9.88 Å². The first kappa shape index (κ1) is 28.1. The van der Waals surface area contributed by atoms with Crippen molar-refractivity contribution in [3.8, 4) is 17.2 Å². The average Bonchev–Trinajstić information content (AvgIpc) is 3.25. The monoisotopic (exact) mass is 559 g/mol. The Hall–Kier alpha value is -2.88. The van der Waals surface area contributed by atoms with Gasteiger partial charge in [-0.1, -0.05) is 23.7 Å². The minimum absolute atomic E-state index is 0.258. The maximum atomic E-state index is 12.7. The standard InChI is InChI=1S/C28H34ClN3O5S/c1-21-27(30-28(37-21)25-8-3-4-9-26(25)29)20-38(34,35)19-23(33)7-5-6-14-31-15-17-32(18-16-31)22-10-12-24(36-2)13-11-22/h3-4,8-13H,5-7,14-20H2,1-2H3. The van der Waals surface area contributed by atoms with Crippen LogP contribution in [-0.4, -0.2) is 69.7 Å². The lowest BCUT2D eigenvalue weighted by atomic mass is 10.1. The van der Waals surface area contributed by atoms with Crippen molar-refractivity contribution >= 4 is 32.9 Å². The molecule has 0 amide bonds. The van der Waals surface area contributed by atoms with Crippen molar-refractivity contribution in [2.45, 2.75) is 31.9 Å². The van der Waals surface area contributed by atoms with Crippen LogP contribution in [0, 0.1) is 6.92 Å². The van der Waals surface area contributed by atoms with Gasteiger partial charge in [0.25, 0.3) is 0 Å². The minimum Gasteiger partial charge on any atom is -0.497 e. The molecule has 204 valence electrons. The fraction of sp³-hybridized carbons (Fsp3) is 0.429.